The van der Waals surface area contributed by atoms with Crippen LogP contribution in [0.3, 0.4) is 0 Å². The van der Waals surface area contributed by atoms with Gasteiger partial charge in [-0.05, 0) is 30.5 Å². The smallest absolute Gasteiger partial charge is 0.0955 e. The van der Waals surface area contributed by atoms with Gasteiger partial charge in [0.1, 0.15) is 0 Å². The Morgan fingerprint density at radius 3 is 2.67 bits per heavy atom. The largest absolute Gasteiger partial charge is 0.319 e. The summed E-state index contributed by atoms with van der Waals surface area (Å²) in [4.78, 5) is 0. The second-order valence-electron chi connectivity index (χ2n) is 3.65. The summed E-state index contributed by atoms with van der Waals surface area (Å²) in [5.41, 5.74) is 10.5. The molecule has 0 aliphatic carbocycles. The lowest BCUT2D eigenvalue weighted by molar-refractivity contribution is 0.841. The number of hydrogen-bond donors (Lipinski definition) is 1. The molecule has 0 fully saturated rings. The number of rotatable bonds is 2. The Morgan fingerprint density at radius 1 is 1.27 bits per heavy atom. The van der Waals surface area contributed by atoms with Gasteiger partial charge in [0.05, 0.1) is 29.7 Å². The van der Waals surface area contributed by atoms with Gasteiger partial charge in [-0.25, -0.2) is 0 Å². The predicted molar refractivity (Wildman–Crippen MR) is 61.9 cm³/mol. The highest BCUT2D eigenvalue weighted by Crippen LogP contribution is 2.20. The van der Waals surface area contributed by atoms with E-state index in [0.717, 1.165) is 11.3 Å². The second kappa shape index (κ2) is 4.08. The van der Waals surface area contributed by atoms with Crippen molar-refractivity contribution in [2.24, 2.45) is 5.73 Å². The van der Waals surface area contributed by atoms with E-state index in [4.69, 9.17) is 5.73 Å². The van der Waals surface area contributed by atoms with Gasteiger partial charge in [0, 0.05) is 0 Å². The molecule has 0 spiro atoms. The van der Waals surface area contributed by atoms with Gasteiger partial charge in [-0.2, -0.15) is 8.75 Å². The van der Waals surface area contributed by atoms with Gasteiger partial charge in [-0.15, -0.1) is 0 Å². The van der Waals surface area contributed by atoms with Crippen molar-refractivity contribution in [2.75, 3.05) is 0 Å². The molecule has 2 N–H and O–H groups in total. The van der Waals surface area contributed by atoms with Gasteiger partial charge < -0.3 is 5.73 Å². The zero-order valence-electron chi connectivity index (χ0n) is 8.77. The number of aryl methyl sites for hydroxylation is 2. The number of nitrogens with zero attached hydrogens (tertiary/aromatic N) is 2. The Hall–Kier alpha value is -1.26. The molecule has 1 aromatic heterocycles. The summed E-state index contributed by atoms with van der Waals surface area (Å²) in [7, 11) is 0. The van der Waals surface area contributed by atoms with E-state index < -0.39 is 0 Å². The molecule has 3 nitrogen and oxygen atoms in total. The topological polar surface area (TPSA) is 51.8 Å². The van der Waals surface area contributed by atoms with Crippen molar-refractivity contribution in [1.82, 2.24) is 8.75 Å². The number of benzene rings is 1. The first-order valence-electron chi connectivity index (χ1n) is 4.78. The molecule has 0 aliphatic rings. The van der Waals surface area contributed by atoms with Crippen molar-refractivity contribution < 1.29 is 0 Å². The van der Waals surface area contributed by atoms with Gasteiger partial charge in [-0.3, -0.25) is 0 Å². The van der Waals surface area contributed by atoms with Gasteiger partial charge >= 0.3 is 0 Å². The molecule has 0 aliphatic heterocycles. The highest BCUT2D eigenvalue weighted by molar-refractivity contribution is 6.99. The number of aromatic nitrogens is 2. The van der Waals surface area contributed by atoms with Crippen molar-refractivity contribution in [2.45, 2.75) is 19.9 Å². The number of hydrogen-bond acceptors (Lipinski definition) is 4. The van der Waals surface area contributed by atoms with Crippen LogP contribution in [0.2, 0.25) is 0 Å². The van der Waals surface area contributed by atoms with Crippen molar-refractivity contribution in [3.8, 4) is 0 Å². The lowest BCUT2D eigenvalue weighted by Gasteiger charge is -2.10. The van der Waals surface area contributed by atoms with Crippen LogP contribution in [0.4, 0.5) is 0 Å². The van der Waals surface area contributed by atoms with Gasteiger partial charge in [0.25, 0.3) is 0 Å². The fraction of sp³-hybridized carbons (Fsp3) is 0.273. The molecule has 1 unspecified atom stereocenters. The van der Waals surface area contributed by atoms with Crippen LogP contribution in [0.5, 0.6) is 0 Å². The minimum absolute atomic E-state index is 0.164. The van der Waals surface area contributed by atoms with E-state index in [0.29, 0.717) is 0 Å². The third-order valence-corrected chi connectivity index (χ3v) is 3.08. The summed E-state index contributed by atoms with van der Waals surface area (Å²) in [5, 5.41) is 0. The third-order valence-electron chi connectivity index (χ3n) is 2.59. The Balaban J connectivity index is 2.34. The molecule has 0 amide bonds. The molecular weight excluding hydrogens is 206 g/mol. The van der Waals surface area contributed by atoms with Crippen LogP contribution in [0.1, 0.15) is 28.4 Å². The molecule has 2 aromatic rings. The van der Waals surface area contributed by atoms with Crippen molar-refractivity contribution in [3.05, 3.63) is 46.8 Å². The average molecular weight is 219 g/mol. The van der Waals surface area contributed by atoms with Crippen molar-refractivity contribution in [1.29, 1.82) is 0 Å². The highest BCUT2D eigenvalue weighted by Gasteiger charge is 2.11. The van der Waals surface area contributed by atoms with Gasteiger partial charge in [0.2, 0.25) is 0 Å². The van der Waals surface area contributed by atoms with E-state index in [1.807, 2.05) is 6.07 Å². The van der Waals surface area contributed by atoms with E-state index in [9.17, 15) is 0 Å². The summed E-state index contributed by atoms with van der Waals surface area (Å²) in [6.45, 7) is 4.18. The average Bonchev–Trinajstić information content (AvgIpc) is 2.74. The molecule has 0 bridgehead atoms. The third kappa shape index (κ3) is 2.06. The molecule has 1 atom stereocenters. The molecule has 0 radical (unpaired) electrons. The first-order valence-corrected chi connectivity index (χ1v) is 5.51. The molecule has 0 saturated heterocycles. The summed E-state index contributed by atoms with van der Waals surface area (Å²) in [6.07, 6.45) is 1.73. The molecule has 2 rings (SSSR count). The van der Waals surface area contributed by atoms with Crippen LogP contribution in [-0.2, 0) is 0 Å². The lowest BCUT2D eigenvalue weighted by Crippen LogP contribution is -2.12. The Labute approximate surface area is 93.3 Å². The van der Waals surface area contributed by atoms with E-state index in [1.54, 1.807) is 6.20 Å². The minimum atomic E-state index is -0.164. The van der Waals surface area contributed by atoms with Crippen LogP contribution in [0.25, 0.3) is 0 Å². The first-order chi connectivity index (χ1) is 7.18. The maximum atomic E-state index is 6.08. The van der Waals surface area contributed by atoms with E-state index in [1.165, 1.54) is 22.9 Å². The molecule has 0 saturated carbocycles. The monoisotopic (exact) mass is 219 g/mol. The molecule has 1 heterocycles. The molecule has 1 aromatic carbocycles. The van der Waals surface area contributed by atoms with Crippen LogP contribution in [0.15, 0.2) is 24.4 Å². The Bertz CT molecular complexity index is 451. The Kier molecular flexibility index (Phi) is 2.79. The Morgan fingerprint density at radius 2 is 2.07 bits per heavy atom. The van der Waals surface area contributed by atoms with E-state index in [2.05, 4.69) is 34.7 Å². The van der Waals surface area contributed by atoms with Crippen molar-refractivity contribution in [3.63, 3.8) is 0 Å². The summed E-state index contributed by atoms with van der Waals surface area (Å²) in [5.74, 6) is 0. The van der Waals surface area contributed by atoms with Crippen LogP contribution < -0.4 is 5.73 Å². The van der Waals surface area contributed by atoms with Crippen molar-refractivity contribution >= 4 is 11.7 Å². The zero-order chi connectivity index (χ0) is 10.8. The molecule has 15 heavy (non-hydrogen) atoms. The zero-order valence-corrected chi connectivity index (χ0v) is 9.58. The standard InChI is InChI=1S/C11H13N3S/c1-7-3-4-9(5-8(7)2)11(12)10-6-13-15-14-10/h3-6,11H,12H2,1-2H3. The van der Waals surface area contributed by atoms with Crippen LogP contribution in [0, 0.1) is 13.8 Å². The summed E-state index contributed by atoms with van der Waals surface area (Å²) < 4.78 is 8.11. The SMILES string of the molecule is Cc1ccc(C(N)c2cnsn2)cc1C. The van der Waals surface area contributed by atoms with Gasteiger partial charge in [-0.1, -0.05) is 18.2 Å². The van der Waals surface area contributed by atoms with Crippen LogP contribution in [-0.4, -0.2) is 8.75 Å². The molecule has 4 heteroatoms. The first kappa shape index (κ1) is 10.3. The maximum absolute atomic E-state index is 6.08. The van der Waals surface area contributed by atoms with Gasteiger partial charge in [0.15, 0.2) is 0 Å². The second-order valence-corrected chi connectivity index (χ2v) is 4.21. The fourth-order valence-electron chi connectivity index (χ4n) is 1.44. The highest BCUT2D eigenvalue weighted by atomic mass is 32.1. The van der Waals surface area contributed by atoms with E-state index >= 15 is 0 Å². The van der Waals surface area contributed by atoms with Crippen LogP contribution >= 0.6 is 11.7 Å². The quantitative estimate of drug-likeness (QED) is 0.842. The fourth-order valence-corrected chi connectivity index (χ4v) is 1.90. The molecular formula is C11H13N3S. The summed E-state index contributed by atoms with van der Waals surface area (Å²) >= 11 is 1.19. The lowest BCUT2D eigenvalue weighted by atomic mass is 10.0. The molecule has 78 valence electrons. The predicted octanol–water partition coefficient (Wildman–Crippen LogP) is 2.20. The number of nitrogens with two attached hydrogens (primary N) is 1. The minimum Gasteiger partial charge on any atom is -0.319 e. The van der Waals surface area contributed by atoms with E-state index in [-0.39, 0.29) is 6.04 Å². The maximum Gasteiger partial charge on any atom is 0.0955 e. The summed E-state index contributed by atoms with van der Waals surface area (Å²) in [6, 6.07) is 6.08. The normalized spacial score (nSPS) is 12.7.